The maximum atomic E-state index is 12.6. The van der Waals surface area contributed by atoms with E-state index in [-0.39, 0.29) is 5.78 Å². The molecule has 0 heterocycles. The summed E-state index contributed by atoms with van der Waals surface area (Å²) >= 11 is 6.05. The number of anilines is 2. The van der Waals surface area contributed by atoms with Gasteiger partial charge in [0.15, 0.2) is 5.78 Å². The van der Waals surface area contributed by atoms with Crippen molar-refractivity contribution in [3.63, 3.8) is 0 Å². The highest BCUT2D eigenvalue weighted by Crippen LogP contribution is 2.28. The highest BCUT2D eigenvalue weighted by atomic mass is 35.5. The monoisotopic (exact) mass is 388 g/mol. The maximum Gasteiger partial charge on any atom is 0.239 e. The molecule has 0 aliphatic heterocycles. The van der Waals surface area contributed by atoms with Gasteiger partial charge in [-0.05, 0) is 51.1 Å². The van der Waals surface area contributed by atoms with Crippen molar-refractivity contribution in [2.75, 3.05) is 17.7 Å². The number of amides is 2. The number of carbonyl (C=O) groups is 3. The molecule has 0 saturated carbocycles. The van der Waals surface area contributed by atoms with Gasteiger partial charge < -0.3 is 15.4 Å². The molecule has 0 spiro atoms. The molecule has 0 aliphatic rings. The Balaban J connectivity index is 2.12. The number of ketones is 1. The number of hydrogen-bond donors (Lipinski definition) is 2. The molecule has 0 radical (unpaired) electrons. The fourth-order valence-electron chi connectivity index (χ4n) is 2.24. The Bertz CT molecular complexity index is 893. The molecule has 0 atom stereocenters. The number of rotatable bonds is 6. The molecular formula is C20H21ClN2O4. The minimum Gasteiger partial charge on any atom is -0.495 e. The molecule has 2 aromatic rings. The van der Waals surface area contributed by atoms with Gasteiger partial charge in [0.2, 0.25) is 11.8 Å². The number of carbonyl (C=O) groups excluding carboxylic acids is 3. The lowest BCUT2D eigenvalue weighted by Gasteiger charge is -2.23. The van der Waals surface area contributed by atoms with E-state index in [0.717, 1.165) is 0 Å². The number of halogens is 1. The van der Waals surface area contributed by atoms with Crippen LogP contribution in [0.1, 0.15) is 31.1 Å². The number of Topliss-reactive ketones (excluding diaryl/α,β-unsaturated/α-hetero) is 1. The molecule has 0 bridgehead atoms. The molecule has 0 aromatic heterocycles. The molecule has 142 valence electrons. The van der Waals surface area contributed by atoms with E-state index in [4.69, 9.17) is 16.3 Å². The molecule has 6 nitrogen and oxygen atoms in total. The molecule has 0 saturated heterocycles. The van der Waals surface area contributed by atoms with Gasteiger partial charge in [-0.1, -0.05) is 23.7 Å². The van der Waals surface area contributed by atoms with Gasteiger partial charge in [-0.15, -0.1) is 0 Å². The predicted molar refractivity (Wildman–Crippen MR) is 105 cm³/mol. The van der Waals surface area contributed by atoms with Crippen LogP contribution in [0.25, 0.3) is 0 Å². The van der Waals surface area contributed by atoms with E-state index in [9.17, 15) is 14.4 Å². The number of methoxy groups -OCH3 is 1. The first-order chi connectivity index (χ1) is 12.6. The van der Waals surface area contributed by atoms with E-state index < -0.39 is 17.2 Å². The van der Waals surface area contributed by atoms with Crippen LogP contribution in [0.3, 0.4) is 0 Å². The fourth-order valence-corrected chi connectivity index (χ4v) is 2.50. The molecular weight excluding hydrogens is 368 g/mol. The second-order valence-electron chi connectivity index (χ2n) is 6.52. The van der Waals surface area contributed by atoms with Crippen LogP contribution in [0.2, 0.25) is 5.02 Å². The Hall–Kier alpha value is -2.86. The fraction of sp³-hybridized carbons (Fsp3) is 0.250. The van der Waals surface area contributed by atoms with Crippen molar-refractivity contribution >= 4 is 40.6 Å². The largest absolute Gasteiger partial charge is 0.495 e. The van der Waals surface area contributed by atoms with Gasteiger partial charge in [-0.3, -0.25) is 14.4 Å². The minimum absolute atomic E-state index is 0.112. The van der Waals surface area contributed by atoms with Crippen molar-refractivity contribution in [2.45, 2.75) is 20.8 Å². The lowest BCUT2D eigenvalue weighted by molar-refractivity contribution is -0.135. The van der Waals surface area contributed by atoms with E-state index in [1.807, 2.05) is 0 Å². The van der Waals surface area contributed by atoms with E-state index in [1.165, 1.54) is 27.9 Å². The van der Waals surface area contributed by atoms with Gasteiger partial charge in [-0.2, -0.15) is 0 Å². The second kappa shape index (κ2) is 8.22. The van der Waals surface area contributed by atoms with Crippen LogP contribution in [0.4, 0.5) is 11.4 Å². The van der Waals surface area contributed by atoms with Crippen molar-refractivity contribution in [3.8, 4) is 5.75 Å². The summed E-state index contributed by atoms with van der Waals surface area (Å²) in [6, 6.07) is 11.3. The first kappa shape index (κ1) is 20.5. The van der Waals surface area contributed by atoms with Crippen LogP contribution < -0.4 is 15.4 Å². The average Bonchev–Trinajstić information content (AvgIpc) is 2.62. The number of ether oxygens (including phenoxy) is 1. The first-order valence-corrected chi connectivity index (χ1v) is 8.60. The standard InChI is InChI=1S/C20H21ClN2O4/c1-12(24)13-6-5-7-14(10-13)22-18(25)20(2,3)19(26)23-15-8-9-17(27-4)16(21)11-15/h5-11H,1-4H3,(H,22,25)(H,23,26). The second-order valence-corrected chi connectivity index (χ2v) is 6.93. The Labute approximate surface area is 162 Å². The summed E-state index contributed by atoms with van der Waals surface area (Å²) in [5.41, 5.74) is 0.00721. The van der Waals surface area contributed by atoms with Crippen LogP contribution in [0.15, 0.2) is 42.5 Å². The third kappa shape index (κ3) is 4.86. The SMILES string of the molecule is COc1ccc(NC(=O)C(C)(C)C(=O)Nc2cccc(C(C)=O)c2)cc1Cl. The minimum atomic E-state index is -1.36. The quantitative estimate of drug-likeness (QED) is 0.575. The highest BCUT2D eigenvalue weighted by molar-refractivity contribution is 6.32. The predicted octanol–water partition coefficient (Wildman–Crippen LogP) is 4.15. The van der Waals surface area contributed by atoms with Crippen molar-refractivity contribution in [2.24, 2.45) is 5.41 Å². The Kier molecular flexibility index (Phi) is 6.23. The van der Waals surface area contributed by atoms with Gasteiger partial charge in [0.25, 0.3) is 0 Å². The topological polar surface area (TPSA) is 84.5 Å². The summed E-state index contributed by atoms with van der Waals surface area (Å²) in [4.78, 5) is 36.7. The molecule has 27 heavy (non-hydrogen) atoms. The third-order valence-electron chi connectivity index (χ3n) is 4.07. The normalized spacial score (nSPS) is 10.9. The molecule has 0 aliphatic carbocycles. The average molecular weight is 389 g/mol. The summed E-state index contributed by atoms with van der Waals surface area (Å²) in [6.45, 7) is 4.47. The van der Waals surface area contributed by atoms with Crippen LogP contribution in [0, 0.1) is 5.41 Å². The zero-order valence-corrected chi connectivity index (χ0v) is 16.3. The highest BCUT2D eigenvalue weighted by Gasteiger charge is 2.36. The molecule has 0 fully saturated rings. The summed E-state index contributed by atoms with van der Waals surface area (Å²) in [7, 11) is 1.49. The van der Waals surface area contributed by atoms with Gasteiger partial charge in [-0.25, -0.2) is 0 Å². The van der Waals surface area contributed by atoms with E-state index in [2.05, 4.69) is 10.6 Å². The van der Waals surface area contributed by atoms with Gasteiger partial charge in [0.05, 0.1) is 12.1 Å². The van der Waals surface area contributed by atoms with Crippen molar-refractivity contribution in [1.82, 2.24) is 0 Å². The van der Waals surface area contributed by atoms with E-state index >= 15 is 0 Å². The van der Waals surface area contributed by atoms with Crippen LogP contribution in [-0.2, 0) is 9.59 Å². The van der Waals surface area contributed by atoms with E-state index in [1.54, 1.807) is 42.5 Å². The summed E-state index contributed by atoms with van der Waals surface area (Å²) < 4.78 is 5.07. The summed E-state index contributed by atoms with van der Waals surface area (Å²) in [5, 5.41) is 5.70. The Morgan fingerprint density at radius 2 is 1.56 bits per heavy atom. The lowest BCUT2D eigenvalue weighted by atomic mass is 9.90. The van der Waals surface area contributed by atoms with Gasteiger partial charge in [0, 0.05) is 16.9 Å². The van der Waals surface area contributed by atoms with Crippen molar-refractivity contribution in [1.29, 1.82) is 0 Å². The molecule has 2 amide bonds. The zero-order valence-electron chi connectivity index (χ0n) is 15.6. The Morgan fingerprint density at radius 3 is 2.07 bits per heavy atom. The maximum absolute atomic E-state index is 12.6. The van der Waals surface area contributed by atoms with Gasteiger partial charge in [0.1, 0.15) is 11.2 Å². The van der Waals surface area contributed by atoms with Crippen molar-refractivity contribution < 1.29 is 19.1 Å². The molecule has 2 rings (SSSR count). The van der Waals surface area contributed by atoms with E-state index in [0.29, 0.717) is 27.7 Å². The third-order valence-corrected chi connectivity index (χ3v) is 4.37. The van der Waals surface area contributed by atoms with Crippen LogP contribution >= 0.6 is 11.6 Å². The summed E-state index contributed by atoms with van der Waals surface area (Å²) in [6.07, 6.45) is 0. The number of hydrogen-bond acceptors (Lipinski definition) is 4. The molecule has 2 N–H and O–H groups in total. The molecule has 0 unspecified atom stereocenters. The molecule has 2 aromatic carbocycles. The van der Waals surface area contributed by atoms with Crippen LogP contribution in [0.5, 0.6) is 5.75 Å². The molecule has 7 heteroatoms. The summed E-state index contributed by atoms with van der Waals surface area (Å²) in [5.74, 6) is -0.624. The number of benzene rings is 2. The Morgan fingerprint density at radius 1 is 0.963 bits per heavy atom. The number of nitrogens with one attached hydrogen (secondary N) is 2. The van der Waals surface area contributed by atoms with Crippen molar-refractivity contribution in [3.05, 3.63) is 53.1 Å². The smallest absolute Gasteiger partial charge is 0.239 e. The van der Waals surface area contributed by atoms with Gasteiger partial charge >= 0.3 is 0 Å². The first-order valence-electron chi connectivity index (χ1n) is 8.22. The van der Waals surface area contributed by atoms with Crippen LogP contribution in [-0.4, -0.2) is 24.7 Å². The lowest BCUT2D eigenvalue weighted by Crippen LogP contribution is -2.41. The zero-order chi connectivity index (χ0) is 20.2.